The molecule has 0 aliphatic heterocycles. The standard InChI is InChI=1S/C19H22N2O3S/c1-2-24-16-11-13-17(14-12-16)25(22,23)21-20-19-10-6-4-8-15-7-3-5-9-18(15)19/h3,5,7,9,11-14,21H,2,4,6,8,10H2,1H3/b20-19-. The van der Waals surface area contributed by atoms with Crippen LogP contribution in [-0.4, -0.2) is 20.7 Å². The lowest BCUT2D eigenvalue weighted by molar-refractivity contribution is 0.340. The van der Waals surface area contributed by atoms with Gasteiger partial charge in [0.05, 0.1) is 17.2 Å². The number of ether oxygens (including phenoxy) is 1. The van der Waals surface area contributed by atoms with Crippen LogP contribution in [0.5, 0.6) is 5.75 Å². The predicted molar refractivity (Wildman–Crippen MR) is 98.5 cm³/mol. The number of hydrazone groups is 1. The van der Waals surface area contributed by atoms with E-state index in [1.165, 1.54) is 17.7 Å². The van der Waals surface area contributed by atoms with Crippen LogP contribution in [0.1, 0.15) is 37.3 Å². The third-order valence-corrected chi connectivity index (χ3v) is 5.41. The molecule has 2 aromatic carbocycles. The molecular weight excluding hydrogens is 336 g/mol. The van der Waals surface area contributed by atoms with Gasteiger partial charge in [-0.15, -0.1) is 0 Å². The Kier molecular flexibility index (Phi) is 5.38. The largest absolute Gasteiger partial charge is 0.494 e. The van der Waals surface area contributed by atoms with Crippen LogP contribution < -0.4 is 9.57 Å². The van der Waals surface area contributed by atoms with Crippen LogP contribution in [0.4, 0.5) is 0 Å². The van der Waals surface area contributed by atoms with Gasteiger partial charge in [-0.05, 0) is 62.4 Å². The highest BCUT2D eigenvalue weighted by atomic mass is 32.2. The van der Waals surface area contributed by atoms with Crippen molar-refractivity contribution in [2.45, 2.75) is 37.5 Å². The fourth-order valence-corrected chi connectivity index (χ4v) is 3.76. The molecule has 0 fully saturated rings. The Morgan fingerprint density at radius 3 is 2.52 bits per heavy atom. The quantitative estimate of drug-likeness (QED) is 0.657. The Morgan fingerprint density at radius 2 is 1.76 bits per heavy atom. The maximum Gasteiger partial charge on any atom is 0.276 e. The zero-order valence-corrected chi connectivity index (χ0v) is 15.1. The minimum absolute atomic E-state index is 0.169. The highest BCUT2D eigenvalue weighted by Gasteiger charge is 2.16. The van der Waals surface area contributed by atoms with Gasteiger partial charge in [0.15, 0.2) is 0 Å². The predicted octanol–water partition coefficient (Wildman–Crippen LogP) is 3.49. The third kappa shape index (κ3) is 4.20. The number of nitrogens with one attached hydrogen (secondary N) is 1. The summed E-state index contributed by atoms with van der Waals surface area (Å²) >= 11 is 0. The van der Waals surface area contributed by atoms with Gasteiger partial charge < -0.3 is 4.74 Å². The van der Waals surface area contributed by atoms with Gasteiger partial charge in [0, 0.05) is 5.56 Å². The number of hydrogen-bond acceptors (Lipinski definition) is 4. The third-order valence-electron chi connectivity index (χ3n) is 4.18. The van der Waals surface area contributed by atoms with E-state index in [1.54, 1.807) is 12.1 Å². The SMILES string of the molecule is CCOc1ccc(S(=O)(=O)N/N=C2/CCCCc3ccccc32)cc1. The highest BCUT2D eigenvalue weighted by molar-refractivity contribution is 7.89. The van der Waals surface area contributed by atoms with Gasteiger partial charge in [-0.25, -0.2) is 0 Å². The summed E-state index contributed by atoms with van der Waals surface area (Å²) in [4.78, 5) is 2.55. The summed E-state index contributed by atoms with van der Waals surface area (Å²) in [5.41, 5.74) is 3.05. The van der Waals surface area contributed by atoms with Crippen molar-refractivity contribution < 1.29 is 13.2 Å². The minimum Gasteiger partial charge on any atom is -0.494 e. The topological polar surface area (TPSA) is 67.8 Å². The van der Waals surface area contributed by atoms with Gasteiger partial charge in [0.1, 0.15) is 5.75 Å². The molecule has 0 spiro atoms. The van der Waals surface area contributed by atoms with Crippen molar-refractivity contribution in [1.82, 2.24) is 4.83 Å². The van der Waals surface area contributed by atoms with Crippen LogP contribution in [-0.2, 0) is 16.4 Å². The van der Waals surface area contributed by atoms with Crippen molar-refractivity contribution in [2.24, 2.45) is 5.10 Å². The monoisotopic (exact) mass is 358 g/mol. The van der Waals surface area contributed by atoms with Crippen LogP contribution in [0.2, 0.25) is 0 Å². The first kappa shape index (κ1) is 17.5. The van der Waals surface area contributed by atoms with Crippen molar-refractivity contribution in [3.05, 3.63) is 59.7 Å². The van der Waals surface area contributed by atoms with E-state index < -0.39 is 10.0 Å². The molecule has 1 aliphatic rings. The molecule has 0 heterocycles. The van der Waals surface area contributed by atoms with Crippen molar-refractivity contribution >= 4 is 15.7 Å². The Balaban J connectivity index is 1.82. The molecule has 0 radical (unpaired) electrons. The lowest BCUT2D eigenvalue weighted by atomic mass is 10.0. The summed E-state index contributed by atoms with van der Waals surface area (Å²) in [7, 11) is -3.70. The normalized spacial score (nSPS) is 16.1. The number of nitrogens with zero attached hydrogens (tertiary/aromatic N) is 1. The van der Waals surface area contributed by atoms with E-state index in [4.69, 9.17) is 4.74 Å². The number of sulfonamides is 1. The van der Waals surface area contributed by atoms with Gasteiger partial charge in [0.25, 0.3) is 10.0 Å². The van der Waals surface area contributed by atoms with Crippen LogP contribution >= 0.6 is 0 Å². The molecule has 1 N–H and O–H groups in total. The first-order chi connectivity index (χ1) is 12.1. The second kappa shape index (κ2) is 7.70. The van der Waals surface area contributed by atoms with Crippen LogP contribution in [0.15, 0.2) is 58.5 Å². The fourth-order valence-electron chi connectivity index (χ4n) is 2.93. The van der Waals surface area contributed by atoms with E-state index in [9.17, 15) is 8.42 Å². The molecular formula is C19H22N2O3S. The molecule has 0 aromatic heterocycles. The average molecular weight is 358 g/mol. The Bertz CT molecular complexity index is 858. The lowest BCUT2D eigenvalue weighted by Crippen LogP contribution is -2.20. The zero-order chi connectivity index (χ0) is 17.7. The van der Waals surface area contributed by atoms with E-state index >= 15 is 0 Å². The Morgan fingerprint density at radius 1 is 1.04 bits per heavy atom. The summed E-state index contributed by atoms with van der Waals surface area (Å²) in [5, 5.41) is 4.24. The van der Waals surface area contributed by atoms with Crippen molar-refractivity contribution in [1.29, 1.82) is 0 Å². The second-order valence-electron chi connectivity index (χ2n) is 5.92. The summed E-state index contributed by atoms with van der Waals surface area (Å²) in [6.07, 6.45) is 3.85. The summed E-state index contributed by atoms with van der Waals surface area (Å²) in [6.45, 7) is 2.42. The molecule has 0 atom stereocenters. The van der Waals surface area contributed by atoms with Gasteiger partial charge in [-0.2, -0.15) is 18.4 Å². The maximum absolute atomic E-state index is 12.5. The molecule has 25 heavy (non-hydrogen) atoms. The van der Waals surface area contributed by atoms with Crippen molar-refractivity contribution in [2.75, 3.05) is 6.61 Å². The van der Waals surface area contributed by atoms with Crippen molar-refractivity contribution in [3.63, 3.8) is 0 Å². The summed E-state index contributed by atoms with van der Waals surface area (Å²) in [5.74, 6) is 0.644. The highest BCUT2D eigenvalue weighted by Crippen LogP contribution is 2.21. The molecule has 3 rings (SSSR count). The van der Waals surface area contributed by atoms with E-state index in [0.29, 0.717) is 12.4 Å². The number of hydrogen-bond donors (Lipinski definition) is 1. The molecule has 2 aromatic rings. The van der Waals surface area contributed by atoms with E-state index in [0.717, 1.165) is 37.0 Å². The average Bonchev–Trinajstić information content (AvgIpc) is 2.83. The van der Waals surface area contributed by atoms with Crippen LogP contribution in [0.3, 0.4) is 0 Å². The molecule has 0 unspecified atom stereocenters. The molecule has 0 bridgehead atoms. The molecule has 0 amide bonds. The number of aryl methyl sites for hydroxylation is 1. The molecule has 132 valence electrons. The number of rotatable bonds is 5. The first-order valence-corrected chi connectivity index (χ1v) is 9.98. The fraction of sp³-hybridized carbons (Fsp3) is 0.316. The lowest BCUT2D eigenvalue weighted by Gasteiger charge is -2.09. The van der Waals surface area contributed by atoms with E-state index in [-0.39, 0.29) is 4.90 Å². The van der Waals surface area contributed by atoms with Gasteiger partial charge in [-0.3, -0.25) is 0 Å². The van der Waals surface area contributed by atoms with Crippen LogP contribution in [0, 0.1) is 0 Å². The van der Waals surface area contributed by atoms with E-state index in [2.05, 4.69) is 16.0 Å². The minimum atomic E-state index is -3.70. The summed E-state index contributed by atoms with van der Waals surface area (Å²) < 4.78 is 30.3. The zero-order valence-electron chi connectivity index (χ0n) is 14.2. The smallest absolute Gasteiger partial charge is 0.276 e. The number of benzene rings is 2. The molecule has 6 heteroatoms. The molecule has 0 saturated carbocycles. The van der Waals surface area contributed by atoms with Gasteiger partial charge in [0.2, 0.25) is 0 Å². The van der Waals surface area contributed by atoms with Crippen LogP contribution in [0.25, 0.3) is 0 Å². The molecule has 5 nitrogen and oxygen atoms in total. The van der Waals surface area contributed by atoms with Crippen molar-refractivity contribution in [3.8, 4) is 5.75 Å². The second-order valence-corrected chi connectivity index (χ2v) is 7.58. The van der Waals surface area contributed by atoms with E-state index in [1.807, 2.05) is 25.1 Å². The van der Waals surface area contributed by atoms with Gasteiger partial charge in [-0.1, -0.05) is 24.3 Å². The first-order valence-electron chi connectivity index (χ1n) is 8.49. The number of fused-ring (bicyclic) bond motifs is 1. The molecule has 1 aliphatic carbocycles. The van der Waals surface area contributed by atoms with Gasteiger partial charge >= 0.3 is 0 Å². The Hall–Kier alpha value is -2.34. The Labute approximate surface area is 148 Å². The maximum atomic E-state index is 12.5. The summed E-state index contributed by atoms with van der Waals surface area (Å²) in [6, 6.07) is 14.4. The molecule has 0 saturated heterocycles.